The number of rotatable bonds is 8. The molecule has 2 atom stereocenters. The highest BCUT2D eigenvalue weighted by Gasteiger charge is 2.24. The van der Waals surface area contributed by atoms with Crippen molar-refractivity contribution in [2.45, 2.75) is 19.9 Å². The van der Waals surface area contributed by atoms with Crippen LogP contribution in [-0.4, -0.2) is 11.5 Å². The van der Waals surface area contributed by atoms with E-state index < -0.39 is 0 Å². The highest BCUT2D eigenvalue weighted by molar-refractivity contribution is 6.19. The van der Waals surface area contributed by atoms with Gasteiger partial charge in [-0.1, -0.05) is 182 Å². The monoisotopic (exact) mass is 913 g/mol. The number of nitrogens with one attached hydrogen (secondary N) is 1. The Morgan fingerprint density at radius 2 is 0.901 bits per heavy atom. The lowest BCUT2D eigenvalue weighted by Crippen LogP contribution is -2.31. The molecule has 13 rings (SSSR count). The molecular formula is C66H47N3O2. The van der Waals surface area contributed by atoms with Gasteiger partial charge in [0.15, 0.2) is 11.2 Å². The summed E-state index contributed by atoms with van der Waals surface area (Å²) in [6.07, 6.45) is 4.48. The Kier molecular flexibility index (Phi) is 10.4. The van der Waals surface area contributed by atoms with Gasteiger partial charge in [0.1, 0.15) is 17.0 Å². The van der Waals surface area contributed by atoms with E-state index in [0.29, 0.717) is 0 Å². The molecule has 0 radical (unpaired) electrons. The molecule has 2 aliphatic heterocycles. The maximum absolute atomic E-state index is 6.79. The molecule has 0 bridgehead atoms. The SMILES string of the molecule is CC1=C(c2ccccc2)C=C(c2cccc(-c3ccc4c(c3)oc3c4ccc4c5ccc(-c6cccc(C7C=C(c8ccccc8)N=C(c8ccccc8)N7)c6)cc5oc43)c2)N=C(c2ccccc2)C1C. The van der Waals surface area contributed by atoms with Crippen molar-refractivity contribution in [3.63, 3.8) is 0 Å². The lowest BCUT2D eigenvalue weighted by atomic mass is 9.87. The predicted octanol–water partition coefficient (Wildman–Crippen LogP) is 16.9. The van der Waals surface area contributed by atoms with Gasteiger partial charge in [-0.2, -0.15) is 0 Å². The molecule has 2 aromatic heterocycles. The Balaban J connectivity index is 0.839. The van der Waals surface area contributed by atoms with Gasteiger partial charge in [-0.05, 0) is 118 Å². The number of hydrogen-bond donors (Lipinski definition) is 1. The van der Waals surface area contributed by atoms with Gasteiger partial charge in [0.05, 0.1) is 23.1 Å². The first kappa shape index (κ1) is 42.1. The van der Waals surface area contributed by atoms with Crippen LogP contribution >= 0.6 is 0 Å². The third kappa shape index (κ3) is 7.69. The molecule has 0 saturated carbocycles. The molecule has 11 aromatic rings. The standard InChI is InChI=1S/C66H47N3O2/c1-41-42(2)63(45-21-11-5-12-22-45)67-58(39-57(41)43-17-7-3-8-18-43)51-27-15-25-47(35-51)49-29-31-53-55-33-34-56-54-32-30-50(38-62(54)71-65(56)64(55)70-61(53)37-49)48-26-16-28-52(36-48)60-40-59(44-19-9-4-10-20-44)68-66(69-60)46-23-13-6-14-24-46/h3-40,42,60H,1-2H3,(H,68,69). The molecule has 5 heteroatoms. The summed E-state index contributed by atoms with van der Waals surface area (Å²) in [5.74, 6) is 0.976. The molecule has 4 heterocycles. The van der Waals surface area contributed by atoms with E-state index in [0.717, 1.165) is 117 Å². The van der Waals surface area contributed by atoms with Crippen LogP contribution in [0.5, 0.6) is 0 Å². The third-order valence-corrected chi connectivity index (χ3v) is 14.3. The van der Waals surface area contributed by atoms with Crippen molar-refractivity contribution >= 4 is 72.4 Å². The minimum absolute atomic E-state index is 0.0846. The minimum Gasteiger partial charge on any atom is -0.452 e. The molecule has 0 saturated heterocycles. The van der Waals surface area contributed by atoms with Gasteiger partial charge in [-0.3, -0.25) is 4.99 Å². The Morgan fingerprint density at radius 1 is 0.408 bits per heavy atom. The van der Waals surface area contributed by atoms with Crippen LogP contribution in [0.2, 0.25) is 0 Å². The molecule has 9 aromatic carbocycles. The highest BCUT2D eigenvalue weighted by atomic mass is 16.4. The average Bonchev–Trinajstić information content (AvgIpc) is 3.98. The molecule has 2 unspecified atom stereocenters. The maximum atomic E-state index is 6.79. The fraction of sp³-hybridized carbons (Fsp3) is 0.0606. The molecule has 1 N–H and O–H groups in total. The van der Waals surface area contributed by atoms with Crippen LogP contribution in [-0.2, 0) is 0 Å². The number of amidine groups is 1. The Labute approximate surface area is 412 Å². The Hall–Kier alpha value is -9.06. The van der Waals surface area contributed by atoms with Gasteiger partial charge in [-0.25, -0.2) is 4.99 Å². The van der Waals surface area contributed by atoms with Crippen molar-refractivity contribution in [2.24, 2.45) is 15.9 Å². The number of nitrogens with zero attached hydrogens (tertiary/aromatic N) is 2. The van der Waals surface area contributed by atoms with Crippen molar-refractivity contribution < 1.29 is 8.83 Å². The van der Waals surface area contributed by atoms with Crippen LogP contribution in [0.4, 0.5) is 0 Å². The van der Waals surface area contributed by atoms with E-state index in [1.165, 1.54) is 16.7 Å². The zero-order valence-corrected chi connectivity index (χ0v) is 39.3. The van der Waals surface area contributed by atoms with Gasteiger partial charge >= 0.3 is 0 Å². The smallest absolute Gasteiger partial charge is 0.178 e. The lowest BCUT2D eigenvalue weighted by molar-refractivity contribution is 0.633. The van der Waals surface area contributed by atoms with E-state index in [9.17, 15) is 0 Å². The van der Waals surface area contributed by atoms with Crippen molar-refractivity contribution in [1.82, 2.24) is 5.32 Å². The normalized spacial score (nSPS) is 16.1. The lowest BCUT2D eigenvalue weighted by Gasteiger charge is -2.25. The molecule has 2 aliphatic rings. The first-order valence-electron chi connectivity index (χ1n) is 24.3. The number of benzene rings is 9. The zero-order valence-electron chi connectivity index (χ0n) is 39.3. The fourth-order valence-electron chi connectivity index (χ4n) is 10.4. The molecule has 0 amide bonds. The van der Waals surface area contributed by atoms with E-state index in [2.05, 4.69) is 225 Å². The van der Waals surface area contributed by atoms with E-state index in [1.807, 2.05) is 24.3 Å². The van der Waals surface area contributed by atoms with Crippen LogP contribution < -0.4 is 5.32 Å². The van der Waals surface area contributed by atoms with Crippen molar-refractivity contribution in [1.29, 1.82) is 0 Å². The van der Waals surface area contributed by atoms with E-state index in [1.54, 1.807) is 0 Å². The molecule has 5 nitrogen and oxygen atoms in total. The van der Waals surface area contributed by atoms with E-state index in [-0.39, 0.29) is 12.0 Å². The quantitative estimate of drug-likeness (QED) is 0.165. The highest BCUT2D eigenvalue weighted by Crippen LogP contribution is 2.42. The van der Waals surface area contributed by atoms with Crippen molar-refractivity contribution in [3.05, 3.63) is 269 Å². The zero-order chi connectivity index (χ0) is 47.4. The van der Waals surface area contributed by atoms with Crippen LogP contribution in [0.25, 0.3) is 83.1 Å². The Morgan fingerprint density at radius 3 is 1.52 bits per heavy atom. The van der Waals surface area contributed by atoms with Gasteiger partial charge in [0.25, 0.3) is 0 Å². The molecule has 338 valence electrons. The largest absolute Gasteiger partial charge is 0.452 e. The minimum atomic E-state index is -0.0846. The van der Waals surface area contributed by atoms with Crippen LogP contribution in [0.1, 0.15) is 53.3 Å². The summed E-state index contributed by atoms with van der Waals surface area (Å²) < 4.78 is 13.6. The van der Waals surface area contributed by atoms with Gasteiger partial charge in [-0.15, -0.1) is 0 Å². The van der Waals surface area contributed by atoms with Crippen LogP contribution in [0.3, 0.4) is 0 Å². The third-order valence-electron chi connectivity index (χ3n) is 14.3. The van der Waals surface area contributed by atoms with Gasteiger partial charge in [0, 0.05) is 38.6 Å². The van der Waals surface area contributed by atoms with Crippen molar-refractivity contribution in [3.8, 4) is 22.3 Å². The molecule has 0 fully saturated rings. The topological polar surface area (TPSA) is 63.0 Å². The first-order chi connectivity index (χ1) is 35.0. The second-order valence-electron chi connectivity index (χ2n) is 18.6. The predicted molar refractivity (Wildman–Crippen MR) is 294 cm³/mol. The molecule has 0 aliphatic carbocycles. The number of furan rings is 2. The van der Waals surface area contributed by atoms with Crippen LogP contribution in [0, 0.1) is 5.92 Å². The molecular weight excluding hydrogens is 867 g/mol. The van der Waals surface area contributed by atoms with Crippen LogP contribution in [0.15, 0.2) is 255 Å². The summed E-state index contributed by atoms with van der Waals surface area (Å²) in [6.45, 7) is 4.51. The van der Waals surface area contributed by atoms with E-state index in [4.69, 9.17) is 18.8 Å². The maximum Gasteiger partial charge on any atom is 0.178 e. The number of fused-ring (bicyclic) bond motifs is 7. The average molecular weight is 914 g/mol. The molecule has 0 spiro atoms. The number of allylic oxidation sites excluding steroid dienone is 3. The fourth-order valence-corrected chi connectivity index (χ4v) is 10.4. The second-order valence-corrected chi connectivity index (χ2v) is 18.6. The Bertz CT molecular complexity index is 4020. The summed E-state index contributed by atoms with van der Waals surface area (Å²) in [4.78, 5) is 10.5. The summed E-state index contributed by atoms with van der Waals surface area (Å²) in [5.41, 5.74) is 19.5. The summed E-state index contributed by atoms with van der Waals surface area (Å²) in [5, 5.41) is 7.87. The first-order valence-corrected chi connectivity index (χ1v) is 24.3. The van der Waals surface area contributed by atoms with E-state index >= 15 is 0 Å². The van der Waals surface area contributed by atoms with Crippen molar-refractivity contribution in [2.75, 3.05) is 0 Å². The summed E-state index contributed by atoms with van der Waals surface area (Å²) >= 11 is 0. The summed E-state index contributed by atoms with van der Waals surface area (Å²) in [7, 11) is 0. The number of aliphatic imine (C=N–C) groups is 2. The van der Waals surface area contributed by atoms with Gasteiger partial charge in [0.2, 0.25) is 0 Å². The molecule has 71 heavy (non-hydrogen) atoms. The van der Waals surface area contributed by atoms with Gasteiger partial charge < -0.3 is 14.2 Å². The number of hydrogen-bond acceptors (Lipinski definition) is 5. The second kappa shape index (κ2) is 17.5. The summed E-state index contributed by atoms with van der Waals surface area (Å²) in [6, 6.07) is 76.7.